The minimum absolute atomic E-state index is 0.101. The maximum Gasteiger partial charge on any atom is 0.258 e. The van der Waals surface area contributed by atoms with Crippen LogP contribution in [0, 0.1) is 0 Å². The van der Waals surface area contributed by atoms with E-state index in [-0.39, 0.29) is 18.1 Å². The minimum atomic E-state index is -0.317. The van der Waals surface area contributed by atoms with Crippen LogP contribution in [0.15, 0.2) is 34.8 Å². The van der Waals surface area contributed by atoms with Gasteiger partial charge < -0.3 is 20.1 Å². The van der Waals surface area contributed by atoms with Gasteiger partial charge in [-0.25, -0.2) is 0 Å². The van der Waals surface area contributed by atoms with E-state index in [0.717, 1.165) is 15.7 Å². The standard InChI is InChI=1S/C20H23BrCl2N2O3/c1-20(2,3)25-19(26)11-28-18-9-14(21)12(7-17(18)27-4)10-24-16-8-13(22)5-6-15(16)23/h5-9,24H,10-11H2,1-4H3,(H,25,26). The number of carbonyl (C=O) groups is 1. The van der Waals surface area contributed by atoms with Gasteiger partial charge in [0.2, 0.25) is 0 Å². The van der Waals surface area contributed by atoms with E-state index < -0.39 is 0 Å². The number of ether oxygens (including phenoxy) is 2. The number of methoxy groups -OCH3 is 1. The highest BCUT2D eigenvalue weighted by atomic mass is 79.9. The van der Waals surface area contributed by atoms with Crippen LogP contribution in [-0.2, 0) is 11.3 Å². The first-order valence-corrected chi connectivity index (χ1v) is 10.1. The van der Waals surface area contributed by atoms with Crippen molar-refractivity contribution in [3.63, 3.8) is 0 Å². The Labute approximate surface area is 183 Å². The second-order valence-electron chi connectivity index (χ2n) is 7.16. The third kappa shape index (κ3) is 6.76. The summed E-state index contributed by atoms with van der Waals surface area (Å²) >= 11 is 15.7. The van der Waals surface area contributed by atoms with Gasteiger partial charge in [-0.3, -0.25) is 4.79 Å². The molecule has 2 aromatic carbocycles. The van der Waals surface area contributed by atoms with E-state index in [9.17, 15) is 4.79 Å². The lowest BCUT2D eigenvalue weighted by Gasteiger charge is -2.21. The van der Waals surface area contributed by atoms with Gasteiger partial charge >= 0.3 is 0 Å². The number of hydrogen-bond donors (Lipinski definition) is 2. The van der Waals surface area contributed by atoms with Gasteiger partial charge in [0.15, 0.2) is 18.1 Å². The molecular weight excluding hydrogens is 467 g/mol. The molecule has 152 valence electrons. The molecule has 0 aliphatic heterocycles. The van der Waals surface area contributed by atoms with Gasteiger partial charge in [-0.2, -0.15) is 0 Å². The molecule has 0 radical (unpaired) electrons. The van der Waals surface area contributed by atoms with Crippen LogP contribution in [0.3, 0.4) is 0 Å². The summed E-state index contributed by atoms with van der Waals surface area (Å²) in [5.74, 6) is 0.802. The lowest BCUT2D eigenvalue weighted by Crippen LogP contribution is -2.43. The molecule has 0 saturated carbocycles. The Hall–Kier alpha value is -1.63. The third-order valence-electron chi connectivity index (χ3n) is 3.60. The Morgan fingerprint density at radius 3 is 2.50 bits per heavy atom. The molecule has 0 aromatic heterocycles. The molecule has 0 atom stereocenters. The smallest absolute Gasteiger partial charge is 0.258 e. The highest BCUT2D eigenvalue weighted by Gasteiger charge is 2.16. The van der Waals surface area contributed by atoms with Gasteiger partial charge in [0.25, 0.3) is 5.91 Å². The van der Waals surface area contributed by atoms with E-state index in [1.54, 1.807) is 31.4 Å². The molecule has 5 nitrogen and oxygen atoms in total. The average molecular weight is 490 g/mol. The number of carbonyl (C=O) groups excluding carboxylic acids is 1. The summed E-state index contributed by atoms with van der Waals surface area (Å²) in [4.78, 5) is 12.0. The van der Waals surface area contributed by atoms with Crippen molar-refractivity contribution in [3.8, 4) is 11.5 Å². The van der Waals surface area contributed by atoms with Crippen LogP contribution in [0.25, 0.3) is 0 Å². The quantitative estimate of drug-likeness (QED) is 0.526. The van der Waals surface area contributed by atoms with Crippen molar-refractivity contribution < 1.29 is 14.3 Å². The molecule has 0 saturated heterocycles. The maximum atomic E-state index is 12.0. The first-order valence-electron chi connectivity index (χ1n) is 8.58. The van der Waals surface area contributed by atoms with Crippen LogP contribution < -0.4 is 20.1 Å². The first kappa shape index (κ1) is 22.7. The van der Waals surface area contributed by atoms with Crippen molar-refractivity contribution in [2.45, 2.75) is 32.9 Å². The van der Waals surface area contributed by atoms with Crippen LogP contribution in [0.1, 0.15) is 26.3 Å². The van der Waals surface area contributed by atoms with Crippen LogP contribution in [-0.4, -0.2) is 25.2 Å². The fourth-order valence-electron chi connectivity index (χ4n) is 2.41. The summed E-state index contributed by atoms with van der Waals surface area (Å²) in [5, 5.41) is 7.28. The Bertz CT molecular complexity index is 854. The summed E-state index contributed by atoms with van der Waals surface area (Å²) in [7, 11) is 1.55. The van der Waals surface area contributed by atoms with Gasteiger partial charge in [0.05, 0.1) is 17.8 Å². The lowest BCUT2D eigenvalue weighted by atomic mass is 10.1. The van der Waals surface area contributed by atoms with Crippen molar-refractivity contribution in [1.29, 1.82) is 0 Å². The van der Waals surface area contributed by atoms with Crippen LogP contribution in [0.4, 0.5) is 5.69 Å². The minimum Gasteiger partial charge on any atom is -0.493 e. The summed E-state index contributed by atoms with van der Waals surface area (Å²) in [5.41, 5.74) is 1.35. The molecule has 2 rings (SSSR count). The molecular formula is C20H23BrCl2N2O3. The summed E-state index contributed by atoms with van der Waals surface area (Å²) in [6, 6.07) is 8.85. The van der Waals surface area contributed by atoms with Gasteiger partial charge in [-0.15, -0.1) is 0 Å². The zero-order valence-electron chi connectivity index (χ0n) is 16.2. The number of anilines is 1. The Morgan fingerprint density at radius 1 is 1.14 bits per heavy atom. The molecule has 8 heteroatoms. The summed E-state index contributed by atoms with van der Waals surface area (Å²) in [6.07, 6.45) is 0. The normalized spacial score (nSPS) is 11.1. The number of nitrogens with one attached hydrogen (secondary N) is 2. The number of rotatable bonds is 7. The number of halogens is 3. The van der Waals surface area contributed by atoms with Gasteiger partial charge in [0, 0.05) is 21.6 Å². The fraction of sp³-hybridized carbons (Fsp3) is 0.350. The fourth-order valence-corrected chi connectivity index (χ4v) is 3.23. The number of benzene rings is 2. The van der Waals surface area contributed by atoms with Crippen LogP contribution in [0.2, 0.25) is 10.0 Å². The molecule has 0 aliphatic carbocycles. The molecule has 0 spiro atoms. The van der Waals surface area contributed by atoms with E-state index in [1.807, 2.05) is 26.8 Å². The Morgan fingerprint density at radius 2 is 1.86 bits per heavy atom. The molecule has 0 aliphatic rings. The van der Waals surface area contributed by atoms with Crippen molar-refractivity contribution in [2.24, 2.45) is 0 Å². The third-order valence-corrected chi connectivity index (χ3v) is 4.91. The predicted octanol–water partition coefficient (Wildman–Crippen LogP) is 5.67. The van der Waals surface area contributed by atoms with Crippen molar-refractivity contribution in [2.75, 3.05) is 19.0 Å². The Balaban J connectivity index is 2.10. The predicted molar refractivity (Wildman–Crippen MR) is 118 cm³/mol. The summed E-state index contributed by atoms with van der Waals surface area (Å²) in [6.45, 7) is 6.12. The maximum absolute atomic E-state index is 12.0. The average Bonchev–Trinajstić information content (AvgIpc) is 2.60. The molecule has 1 amide bonds. The molecule has 28 heavy (non-hydrogen) atoms. The lowest BCUT2D eigenvalue weighted by molar-refractivity contribution is -0.124. The highest BCUT2D eigenvalue weighted by Crippen LogP contribution is 2.34. The molecule has 0 unspecified atom stereocenters. The topological polar surface area (TPSA) is 59.6 Å². The van der Waals surface area contributed by atoms with E-state index >= 15 is 0 Å². The molecule has 0 bridgehead atoms. The van der Waals surface area contributed by atoms with Gasteiger partial charge in [-0.1, -0.05) is 39.1 Å². The van der Waals surface area contributed by atoms with E-state index in [0.29, 0.717) is 28.1 Å². The van der Waals surface area contributed by atoms with Crippen LogP contribution in [0.5, 0.6) is 11.5 Å². The second-order valence-corrected chi connectivity index (χ2v) is 8.86. The van der Waals surface area contributed by atoms with Crippen molar-refractivity contribution >= 4 is 50.7 Å². The van der Waals surface area contributed by atoms with E-state index in [2.05, 4.69) is 26.6 Å². The first-order chi connectivity index (χ1) is 13.1. The molecule has 0 fully saturated rings. The zero-order chi connectivity index (χ0) is 20.9. The highest BCUT2D eigenvalue weighted by molar-refractivity contribution is 9.10. The second kappa shape index (κ2) is 9.72. The molecule has 0 heterocycles. The zero-order valence-corrected chi connectivity index (χ0v) is 19.3. The van der Waals surface area contributed by atoms with E-state index in [1.165, 1.54) is 0 Å². The largest absolute Gasteiger partial charge is 0.493 e. The van der Waals surface area contributed by atoms with E-state index in [4.69, 9.17) is 32.7 Å². The van der Waals surface area contributed by atoms with Gasteiger partial charge in [-0.05, 0) is 56.7 Å². The SMILES string of the molecule is COc1cc(CNc2cc(Cl)ccc2Cl)c(Br)cc1OCC(=O)NC(C)(C)C. The van der Waals surface area contributed by atoms with Crippen molar-refractivity contribution in [3.05, 3.63) is 50.4 Å². The van der Waals surface area contributed by atoms with Crippen molar-refractivity contribution in [1.82, 2.24) is 5.32 Å². The molecule has 2 aromatic rings. The Kier molecular flexibility index (Phi) is 7.87. The number of hydrogen-bond acceptors (Lipinski definition) is 4. The number of amides is 1. The van der Waals surface area contributed by atoms with Crippen LogP contribution >= 0.6 is 39.1 Å². The molecule has 2 N–H and O–H groups in total. The van der Waals surface area contributed by atoms with Gasteiger partial charge in [0.1, 0.15) is 0 Å². The summed E-state index contributed by atoms with van der Waals surface area (Å²) < 4.78 is 11.9. The monoisotopic (exact) mass is 488 g/mol.